The van der Waals surface area contributed by atoms with Crippen LogP contribution >= 0.6 is 0 Å². The maximum absolute atomic E-state index is 12.7. The molecule has 2 aliphatic rings. The zero-order valence-corrected chi connectivity index (χ0v) is 14.6. The summed E-state index contributed by atoms with van der Waals surface area (Å²) in [5, 5.41) is 3.99. The van der Waals surface area contributed by atoms with Gasteiger partial charge in [-0.1, -0.05) is 5.16 Å². The standard InChI is InChI=1S/C18H21N3O5/c1-23-9-6-16-19-17(26-20-16)12-4-7-21(8-5-12)18(22)13-2-3-14-15(10-13)25-11-24-14/h2-3,10,12H,4-9,11H2,1H3. The third-order valence-electron chi connectivity index (χ3n) is 4.76. The van der Waals surface area contributed by atoms with Gasteiger partial charge >= 0.3 is 0 Å². The lowest BCUT2D eigenvalue weighted by molar-refractivity contribution is 0.0704. The molecule has 0 saturated carbocycles. The van der Waals surface area contributed by atoms with Crippen molar-refractivity contribution in [1.82, 2.24) is 15.0 Å². The van der Waals surface area contributed by atoms with Crippen molar-refractivity contribution in [2.45, 2.75) is 25.2 Å². The van der Waals surface area contributed by atoms with Crippen LogP contribution in [0.15, 0.2) is 22.7 Å². The van der Waals surface area contributed by atoms with Crippen molar-refractivity contribution in [1.29, 1.82) is 0 Å². The van der Waals surface area contributed by atoms with Crippen LogP contribution in [0.5, 0.6) is 11.5 Å². The van der Waals surface area contributed by atoms with Crippen LogP contribution in [0.2, 0.25) is 0 Å². The predicted octanol–water partition coefficient (Wildman–Crippen LogP) is 2.01. The normalized spacial score (nSPS) is 16.9. The molecule has 1 saturated heterocycles. The number of fused-ring (bicyclic) bond motifs is 1. The average molecular weight is 359 g/mol. The van der Waals surface area contributed by atoms with E-state index in [0.29, 0.717) is 54.9 Å². The van der Waals surface area contributed by atoms with E-state index in [9.17, 15) is 4.79 Å². The molecule has 0 spiro atoms. The molecule has 0 N–H and O–H groups in total. The number of amides is 1. The predicted molar refractivity (Wildman–Crippen MR) is 90.3 cm³/mol. The molecule has 2 aromatic rings. The van der Waals surface area contributed by atoms with Gasteiger partial charge in [0.05, 0.1) is 6.61 Å². The first-order valence-corrected chi connectivity index (χ1v) is 8.75. The number of rotatable bonds is 5. The molecule has 1 fully saturated rings. The van der Waals surface area contributed by atoms with Crippen LogP contribution in [-0.2, 0) is 11.2 Å². The Labute approximate surface area is 151 Å². The van der Waals surface area contributed by atoms with Gasteiger partial charge in [0, 0.05) is 38.1 Å². The molecule has 0 aliphatic carbocycles. The highest BCUT2D eigenvalue weighted by molar-refractivity contribution is 5.95. The van der Waals surface area contributed by atoms with Gasteiger partial charge in [0.2, 0.25) is 12.7 Å². The Balaban J connectivity index is 1.36. The molecule has 0 bridgehead atoms. The van der Waals surface area contributed by atoms with Crippen LogP contribution in [0.25, 0.3) is 0 Å². The topological polar surface area (TPSA) is 86.9 Å². The summed E-state index contributed by atoms with van der Waals surface area (Å²) in [7, 11) is 1.65. The summed E-state index contributed by atoms with van der Waals surface area (Å²) in [6.45, 7) is 2.10. The number of aromatic nitrogens is 2. The van der Waals surface area contributed by atoms with Gasteiger partial charge in [-0.25, -0.2) is 0 Å². The number of hydrogen-bond acceptors (Lipinski definition) is 7. The van der Waals surface area contributed by atoms with E-state index in [1.54, 1.807) is 25.3 Å². The number of ether oxygens (including phenoxy) is 3. The number of piperidine rings is 1. The van der Waals surface area contributed by atoms with Gasteiger partial charge in [-0.05, 0) is 31.0 Å². The van der Waals surface area contributed by atoms with E-state index < -0.39 is 0 Å². The molecule has 0 radical (unpaired) electrons. The molecular weight excluding hydrogens is 338 g/mol. The van der Waals surface area contributed by atoms with Gasteiger partial charge in [-0.15, -0.1) is 0 Å². The van der Waals surface area contributed by atoms with Crippen LogP contribution in [-0.4, -0.2) is 54.5 Å². The summed E-state index contributed by atoms with van der Waals surface area (Å²) >= 11 is 0. The summed E-state index contributed by atoms with van der Waals surface area (Å²) in [4.78, 5) is 19.0. The molecule has 0 unspecified atom stereocenters. The Hall–Kier alpha value is -2.61. The number of hydrogen-bond donors (Lipinski definition) is 0. The van der Waals surface area contributed by atoms with Gasteiger partial charge in [0.25, 0.3) is 5.91 Å². The highest BCUT2D eigenvalue weighted by atomic mass is 16.7. The maximum atomic E-state index is 12.7. The second kappa shape index (κ2) is 7.33. The van der Waals surface area contributed by atoms with Crippen molar-refractivity contribution in [3.8, 4) is 11.5 Å². The molecule has 8 nitrogen and oxygen atoms in total. The minimum atomic E-state index is 0.00747. The summed E-state index contributed by atoms with van der Waals surface area (Å²) in [6, 6.07) is 5.31. The van der Waals surface area contributed by atoms with Crippen molar-refractivity contribution in [3.63, 3.8) is 0 Å². The summed E-state index contributed by atoms with van der Waals surface area (Å²) in [6.07, 6.45) is 2.26. The first-order chi connectivity index (χ1) is 12.7. The van der Waals surface area contributed by atoms with Gasteiger partial charge < -0.3 is 23.6 Å². The van der Waals surface area contributed by atoms with Gasteiger partial charge in [-0.3, -0.25) is 4.79 Å². The van der Waals surface area contributed by atoms with E-state index in [2.05, 4.69) is 10.1 Å². The van der Waals surface area contributed by atoms with Crippen LogP contribution in [0.4, 0.5) is 0 Å². The van der Waals surface area contributed by atoms with Crippen LogP contribution in [0, 0.1) is 0 Å². The van der Waals surface area contributed by atoms with Crippen molar-refractivity contribution >= 4 is 5.91 Å². The van der Waals surface area contributed by atoms with Crippen molar-refractivity contribution in [3.05, 3.63) is 35.5 Å². The lowest BCUT2D eigenvalue weighted by Crippen LogP contribution is -2.38. The monoisotopic (exact) mass is 359 g/mol. The Bertz CT molecular complexity index is 783. The molecule has 4 rings (SSSR count). The fourth-order valence-electron chi connectivity index (χ4n) is 3.27. The van der Waals surface area contributed by atoms with Crippen molar-refractivity contribution < 1.29 is 23.5 Å². The highest BCUT2D eigenvalue weighted by Gasteiger charge is 2.28. The molecule has 3 heterocycles. The van der Waals surface area contributed by atoms with Crippen molar-refractivity contribution in [2.75, 3.05) is 33.6 Å². The SMILES string of the molecule is COCCc1noc(C2CCN(C(=O)c3ccc4c(c3)OCO4)CC2)n1. The quantitative estimate of drug-likeness (QED) is 0.807. The van der Waals surface area contributed by atoms with E-state index in [1.165, 1.54) is 0 Å². The van der Waals surface area contributed by atoms with E-state index in [4.69, 9.17) is 18.7 Å². The average Bonchev–Trinajstić information content (AvgIpc) is 3.34. The van der Waals surface area contributed by atoms with Crippen molar-refractivity contribution in [2.24, 2.45) is 0 Å². The molecule has 0 atom stereocenters. The van der Waals surface area contributed by atoms with Gasteiger partial charge in [0.15, 0.2) is 17.3 Å². The van der Waals surface area contributed by atoms with Gasteiger partial charge in [-0.2, -0.15) is 4.98 Å². The van der Waals surface area contributed by atoms with E-state index in [0.717, 1.165) is 12.8 Å². The molecule has 138 valence electrons. The molecule has 2 aliphatic heterocycles. The molecule has 26 heavy (non-hydrogen) atoms. The first-order valence-electron chi connectivity index (χ1n) is 8.75. The Morgan fingerprint density at radius 2 is 2.08 bits per heavy atom. The number of benzene rings is 1. The number of nitrogens with zero attached hydrogens (tertiary/aromatic N) is 3. The maximum Gasteiger partial charge on any atom is 0.253 e. The van der Waals surface area contributed by atoms with E-state index in [1.807, 2.05) is 4.90 Å². The Morgan fingerprint density at radius 1 is 1.27 bits per heavy atom. The third-order valence-corrected chi connectivity index (χ3v) is 4.76. The number of carbonyl (C=O) groups is 1. The van der Waals surface area contributed by atoms with Gasteiger partial charge in [0.1, 0.15) is 0 Å². The smallest absolute Gasteiger partial charge is 0.253 e. The Morgan fingerprint density at radius 3 is 2.88 bits per heavy atom. The number of likely N-dealkylation sites (tertiary alicyclic amines) is 1. The molecule has 1 aromatic heterocycles. The summed E-state index contributed by atoms with van der Waals surface area (Å²) in [5.41, 5.74) is 0.618. The molecular formula is C18H21N3O5. The molecule has 8 heteroatoms. The van der Waals surface area contributed by atoms with E-state index >= 15 is 0 Å². The van der Waals surface area contributed by atoms with Crippen LogP contribution < -0.4 is 9.47 Å². The van der Waals surface area contributed by atoms with E-state index in [-0.39, 0.29) is 18.6 Å². The summed E-state index contributed by atoms with van der Waals surface area (Å²) in [5.74, 6) is 2.83. The Kier molecular flexibility index (Phi) is 4.75. The zero-order chi connectivity index (χ0) is 17.9. The number of methoxy groups -OCH3 is 1. The lowest BCUT2D eigenvalue weighted by Gasteiger charge is -2.30. The zero-order valence-electron chi connectivity index (χ0n) is 14.6. The number of carbonyl (C=O) groups excluding carboxylic acids is 1. The highest BCUT2D eigenvalue weighted by Crippen LogP contribution is 2.33. The third kappa shape index (κ3) is 3.37. The lowest BCUT2D eigenvalue weighted by atomic mass is 9.96. The summed E-state index contributed by atoms with van der Waals surface area (Å²) < 4.78 is 21.1. The van der Waals surface area contributed by atoms with Crippen LogP contribution in [0.1, 0.15) is 40.8 Å². The second-order valence-electron chi connectivity index (χ2n) is 6.43. The second-order valence-corrected chi connectivity index (χ2v) is 6.43. The largest absolute Gasteiger partial charge is 0.454 e. The fraction of sp³-hybridized carbons (Fsp3) is 0.500. The first kappa shape index (κ1) is 16.8. The molecule has 1 aromatic carbocycles. The van der Waals surface area contributed by atoms with Crippen LogP contribution in [0.3, 0.4) is 0 Å². The molecule has 1 amide bonds. The minimum Gasteiger partial charge on any atom is -0.454 e. The minimum absolute atomic E-state index is 0.00747. The fourth-order valence-corrected chi connectivity index (χ4v) is 3.27.